The second kappa shape index (κ2) is 9.14. The zero-order valence-corrected chi connectivity index (χ0v) is 21.9. The van der Waals surface area contributed by atoms with Crippen molar-refractivity contribution in [3.8, 4) is 0 Å². The zero-order valence-electron chi connectivity index (χ0n) is 20.3. The van der Waals surface area contributed by atoms with Crippen molar-refractivity contribution in [2.75, 3.05) is 11.5 Å². The molecule has 0 aromatic rings. The SMILES string of the molecule is N[C@@H](CSSC[C@H](N)C(=O)NC12CC3CC(CC(C3)C1)C2)C(=O)NC12CC3CC(CC(C3)C1)C2. The van der Waals surface area contributed by atoms with Crippen LogP contribution in [0, 0.1) is 35.5 Å². The number of rotatable bonds is 9. The predicted octanol–water partition coefficient (Wildman–Crippen LogP) is 3.19. The summed E-state index contributed by atoms with van der Waals surface area (Å²) in [5.74, 6) is 5.92. The van der Waals surface area contributed by atoms with Gasteiger partial charge < -0.3 is 22.1 Å². The number of hydrogen-bond acceptors (Lipinski definition) is 6. The van der Waals surface area contributed by atoms with Crippen molar-refractivity contribution in [3.63, 3.8) is 0 Å². The van der Waals surface area contributed by atoms with Gasteiger partial charge in [0, 0.05) is 22.6 Å². The Labute approximate surface area is 212 Å². The topological polar surface area (TPSA) is 110 Å². The maximum atomic E-state index is 12.9. The van der Waals surface area contributed by atoms with Gasteiger partial charge in [0.1, 0.15) is 0 Å². The van der Waals surface area contributed by atoms with Crippen molar-refractivity contribution in [1.82, 2.24) is 10.6 Å². The summed E-state index contributed by atoms with van der Waals surface area (Å²) in [7, 11) is 3.14. The molecular weight excluding hydrogens is 464 g/mol. The molecule has 8 heteroatoms. The Balaban J connectivity index is 0.918. The van der Waals surface area contributed by atoms with Gasteiger partial charge in [0.25, 0.3) is 0 Å². The number of carbonyl (C=O) groups excluding carboxylic acids is 2. The van der Waals surface area contributed by atoms with Gasteiger partial charge >= 0.3 is 0 Å². The van der Waals surface area contributed by atoms with Crippen LogP contribution in [-0.2, 0) is 9.59 Å². The van der Waals surface area contributed by atoms with Crippen LogP contribution in [0.2, 0.25) is 0 Å². The molecule has 0 aromatic carbocycles. The molecule has 0 radical (unpaired) electrons. The molecule has 34 heavy (non-hydrogen) atoms. The third-order valence-electron chi connectivity index (χ3n) is 10.1. The predicted molar refractivity (Wildman–Crippen MR) is 139 cm³/mol. The molecule has 0 aliphatic heterocycles. The summed E-state index contributed by atoms with van der Waals surface area (Å²) >= 11 is 0. The largest absolute Gasteiger partial charge is 0.349 e. The molecule has 8 bridgehead atoms. The molecule has 2 amide bonds. The van der Waals surface area contributed by atoms with E-state index >= 15 is 0 Å². The molecule has 8 aliphatic rings. The molecule has 0 unspecified atom stereocenters. The summed E-state index contributed by atoms with van der Waals surface area (Å²) in [5.41, 5.74) is 12.5. The van der Waals surface area contributed by atoms with Gasteiger partial charge in [-0.3, -0.25) is 9.59 Å². The number of hydrogen-bond donors (Lipinski definition) is 4. The maximum absolute atomic E-state index is 12.9. The zero-order chi connectivity index (χ0) is 23.5. The highest BCUT2D eigenvalue weighted by atomic mass is 33.1. The number of amides is 2. The Morgan fingerprint density at radius 3 is 1.15 bits per heavy atom. The standard InChI is InChI=1S/C26H42N4O2S2/c27-21(23(31)29-25-7-15-1-16(8-25)3-17(2-15)9-25)13-33-34-14-22(28)24(32)30-26-10-18-4-19(11-26)6-20(5-18)12-26/h15-22H,1-14,27-28H2,(H,29,31)(H,30,32)/t15?,16?,17?,18?,19?,20?,21-,22-,25?,26?/m0/s1. The Kier molecular flexibility index (Phi) is 6.43. The molecule has 2 atom stereocenters. The van der Waals surface area contributed by atoms with Gasteiger partial charge in [0.05, 0.1) is 12.1 Å². The van der Waals surface area contributed by atoms with E-state index < -0.39 is 12.1 Å². The molecule has 6 N–H and O–H groups in total. The van der Waals surface area contributed by atoms with Crippen molar-refractivity contribution < 1.29 is 9.59 Å². The maximum Gasteiger partial charge on any atom is 0.238 e. The molecule has 8 fully saturated rings. The summed E-state index contributed by atoms with van der Waals surface area (Å²) < 4.78 is 0. The summed E-state index contributed by atoms with van der Waals surface area (Å²) in [6, 6.07) is -1.02. The molecule has 8 aliphatic carbocycles. The first-order valence-electron chi connectivity index (χ1n) is 13.7. The molecule has 0 spiro atoms. The lowest BCUT2D eigenvalue weighted by Gasteiger charge is -2.57. The smallest absolute Gasteiger partial charge is 0.238 e. The minimum absolute atomic E-state index is 0.00101. The summed E-state index contributed by atoms with van der Waals surface area (Å²) in [6.07, 6.45) is 15.1. The highest BCUT2D eigenvalue weighted by Crippen LogP contribution is 2.56. The minimum atomic E-state index is -0.511. The van der Waals surface area contributed by atoms with Crippen molar-refractivity contribution in [2.45, 2.75) is 100 Å². The summed E-state index contributed by atoms with van der Waals surface area (Å²) in [4.78, 5) is 25.7. The van der Waals surface area contributed by atoms with E-state index in [0.717, 1.165) is 74.0 Å². The summed E-state index contributed by atoms with van der Waals surface area (Å²) in [5, 5.41) is 6.78. The molecule has 8 saturated carbocycles. The molecule has 0 aromatic heterocycles. The van der Waals surface area contributed by atoms with E-state index in [1.54, 1.807) is 21.6 Å². The molecular formula is C26H42N4O2S2. The van der Waals surface area contributed by atoms with Crippen LogP contribution in [0.5, 0.6) is 0 Å². The van der Waals surface area contributed by atoms with Gasteiger partial charge in [-0.15, -0.1) is 0 Å². The van der Waals surface area contributed by atoms with Crippen LogP contribution in [0.4, 0.5) is 0 Å². The van der Waals surface area contributed by atoms with E-state index in [1.807, 2.05) is 0 Å². The molecule has 190 valence electrons. The van der Waals surface area contributed by atoms with E-state index in [4.69, 9.17) is 11.5 Å². The van der Waals surface area contributed by atoms with Gasteiger partial charge in [-0.2, -0.15) is 0 Å². The highest BCUT2D eigenvalue weighted by Gasteiger charge is 2.53. The van der Waals surface area contributed by atoms with Crippen LogP contribution >= 0.6 is 21.6 Å². The molecule has 0 heterocycles. The van der Waals surface area contributed by atoms with E-state index in [-0.39, 0.29) is 22.9 Å². The fourth-order valence-corrected chi connectivity index (χ4v) is 11.9. The molecule has 8 rings (SSSR count). The van der Waals surface area contributed by atoms with Gasteiger partial charge in [0.2, 0.25) is 11.8 Å². The Morgan fingerprint density at radius 2 is 0.882 bits per heavy atom. The van der Waals surface area contributed by atoms with Crippen molar-refractivity contribution in [2.24, 2.45) is 47.0 Å². The van der Waals surface area contributed by atoms with Gasteiger partial charge in [-0.1, -0.05) is 21.6 Å². The fourth-order valence-electron chi connectivity index (χ4n) is 9.63. The molecule has 6 nitrogen and oxygen atoms in total. The third-order valence-corrected chi connectivity index (χ3v) is 12.6. The van der Waals surface area contributed by atoms with Crippen molar-refractivity contribution in [3.05, 3.63) is 0 Å². The second-order valence-electron chi connectivity index (χ2n) is 13.2. The van der Waals surface area contributed by atoms with Gasteiger partial charge in [0.15, 0.2) is 0 Å². The van der Waals surface area contributed by atoms with E-state index in [1.165, 1.54) is 38.5 Å². The van der Waals surface area contributed by atoms with E-state index in [0.29, 0.717) is 11.5 Å². The van der Waals surface area contributed by atoms with E-state index in [9.17, 15) is 9.59 Å². The first kappa shape index (κ1) is 23.9. The number of nitrogens with two attached hydrogens (primary N) is 2. The van der Waals surface area contributed by atoms with Crippen LogP contribution in [0.1, 0.15) is 77.0 Å². The Hall–Kier alpha value is -0.440. The van der Waals surface area contributed by atoms with Crippen LogP contribution in [-0.4, -0.2) is 46.5 Å². The molecule has 0 saturated heterocycles. The first-order chi connectivity index (χ1) is 16.3. The van der Waals surface area contributed by atoms with Crippen LogP contribution in [0.25, 0.3) is 0 Å². The first-order valence-corrected chi connectivity index (χ1v) is 16.2. The van der Waals surface area contributed by atoms with Crippen molar-refractivity contribution in [1.29, 1.82) is 0 Å². The van der Waals surface area contributed by atoms with Crippen molar-refractivity contribution >= 4 is 33.4 Å². The lowest BCUT2D eigenvalue weighted by Crippen LogP contribution is -2.62. The fraction of sp³-hybridized carbons (Fsp3) is 0.923. The Bertz CT molecular complexity index is 684. The number of nitrogens with one attached hydrogen (secondary N) is 2. The lowest BCUT2D eigenvalue weighted by molar-refractivity contribution is -0.128. The normalized spacial score (nSPS) is 45.2. The highest BCUT2D eigenvalue weighted by molar-refractivity contribution is 8.76. The van der Waals surface area contributed by atoms with Gasteiger partial charge in [-0.05, 0) is 113 Å². The number of carbonyl (C=O) groups is 2. The van der Waals surface area contributed by atoms with Gasteiger partial charge in [-0.25, -0.2) is 0 Å². The van der Waals surface area contributed by atoms with Crippen LogP contribution < -0.4 is 22.1 Å². The monoisotopic (exact) mass is 506 g/mol. The lowest BCUT2D eigenvalue weighted by atomic mass is 9.53. The second-order valence-corrected chi connectivity index (χ2v) is 15.7. The van der Waals surface area contributed by atoms with Crippen LogP contribution in [0.15, 0.2) is 0 Å². The van der Waals surface area contributed by atoms with Crippen LogP contribution in [0.3, 0.4) is 0 Å². The average molecular weight is 507 g/mol. The quantitative estimate of drug-likeness (QED) is 0.282. The van der Waals surface area contributed by atoms with E-state index in [2.05, 4.69) is 10.6 Å². The summed E-state index contributed by atoms with van der Waals surface area (Å²) in [6.45, 7) is 0. The average Bonchev–Trinajstić information content (AvgIpc) is 2.73. The Morgan fingerprint density at radius 1 is 0.618 bits per heavy atom. The third kappa shape index (κ3) is 4.78. The minimum Gasteiger partial charge on any atom is -0.349 e.